The zero-order chi connectivity index (χ0) is 19.9. The summed E-state index contributed by atoms with van der Waals surface area (Å²) in [5, 5.41) is 0. The molecule has 28 heavy (non-hydrogen) atoms. The lowest BCUT2D eigenvalue weighted by Crippen LogP contribution is -2.49. The number of rotatable bonds is 7. The maximum atomic E-state index is 12.6. The molecule has 1 heterocycles. The van der Waals surface area contributed by atoms with Crippen LogP contribution in [0.25, 0.3) is 0 Å². The van der Waals surface area contributed by atoms with E-state index in [1.807, 2.05) is 49.5 Å². The predicted octanol–water partition coefficient (Wildman–Crippen LogP) is 2.48. The van der Waals surface area contributed by atoms with Gasteiger partial charge in [-0.2, -0.15) is 0 Å². The smallest absolute Gasteiger partial charge is 0.240 e. The minimum absolute atomic E-state index is 0.125. The van der Waals surface area contributed by atoms with Crippen molar-refractivity contribution in [1.82, 2.24) is 9.80 Å². The Bertz CT molecular complexity index is 774. The number of ether oxygens (including phenoxy) is 2. The Morgan fingerprint density at radius 2 is 1.57 bits per heavy atom. The van der Waals surface area contributed by atoms with Crippen molar-refractivity contribution in [3.63, 3.8) is 0 Å². The van der Waals surface area contributed by atoms with Crippen molar-refractivity contribution in [2.24, 2.45) is 0 Å². The number of hydrogen-bond acceptors (Lipinski definition) is 5. The van der Waals surface area contributed by atoms with Crippen molar-refractivity contribution >= 4 is 11.6 Å². The fraction of sp³-hybridized carbons (Fsp3) is 0.409. The van der Waals surface area contributed by atoms with Crippen molar-refractivity contribution in [2.45, 2.75) is 6.54 Å². The fourth-order valence-electron chi connectivity index (χ4n) is 3.44. The third-order valence-electron chi connectivity index (χ3n) is 5.20. The van der Waals surface area contributed by atoms with E-state index in [0.29, 0.717) is 6.54 Å². The number of piperazine rings is 1. The third kappa shape index (κ3) is 5.03. The molecule has 6 heteroatoms. The van der Waals surface area contributed by atoms with Crippen LogP contribution in [-0.2, 0) is 11.3 Å². The third-order valence-corrected chi connectivity index (χ3v) is 5.20. The second-order valence-corrected chi connectivity index (χ2v) is 7.03. The number of carbonyl (C=O) groups is 1. The van der Waals surface area contributed by atoms with E-state index in [4.69, 9.17) is 9.47 Å². The maximum absolute atomic E-state index is 12.6. The first-order chi connectivity index (χ1) is 13.6. The van der Waals surface area contributed by atoms with Crippen LogP contribution in [0.2, 0.25) is 0 Å². The molecule has 1 aliphatic rings. The van der Waals surface area contributed by atoms with E-state index in [2.05, 4.69) is 15.9 Å². The van der Waals surface area contributed by atoms with Crippen LogP contribution >= 0.6 is 0 Å². The SMILES string of the molecule is COc1ccc(CN2CCN(CC(=O)N(C)c3ccccc3)CC2)cc1OC. The number of methoxy groups -OCH3 is 2. The van der Waals surface area contributed by atoms with Gasteiger partial charge in [-0.1, -0.05) is 24.3 Å². The maximum Gasteiger partial charge on any atom is 0.240 e. The van der Waals surface area contributed by atoms with Gasteiger partial charge in [0.05, 0.1) is 20.8 Å². The van der Waals surface area contributed by atoms with Crippen LogP contribution in [0, 0.1) is 0 Å². The van der Waals surface area contributed by atoms with Crippen molar-refractivity contribution < 1.29 is 14.3 Å². The number of benzene rings is 2. The molecule has 0 unspecified atom stereocenters. The normalized spacial score (nSPS) is 15.2. The minimum atomic E-state index is 0.125. The molecule has 6 nitrogen and oxygen atoms in total. The van der Waals surface area contributed by atoms with Crippen LogP contribution in [0.3, 0.4) is 0 Å². The summed E-state index contributed by atoms with van der Waals surface area (Å²) in [6.07, 6.45) is 0. The van der Waals surface area contributed by atoms with Crippen LogP contribution in [0.4, 0.5) is 5.69 Å². The molecular weight excluding hydrogens is 354 g/mol. The summed E-state index contributed by atoms with van der Waals surface area (Å²) in [7, 11) is 5.14. The molecule has 1 aliphatic heterocycles. The van der Waals surface area contributed by atoms with E-state index in [-0.39, 0.29) is 5.91 Å². The lowest BCUT2D eigenvalue weighted by molar-refractivity contribution is -0.119. The first-order valence-electron chi connectivity index (χ1n) is 9.58. The average Bonchev–Trinajstić information content (AvgIpc) is 2.75. The molecule has 2 aromatic carbocycles. The van der Waals surface area contributed by atoms with Gasteiger partial charge in [0.15, 0.2) is 11.5 Å². The van der Waals surface area contributed by atoms with Gasteiger partial charge in [0.1, 0.15) is 0 Å². The second kappa shape index (κ2) is 9.57. The average molecular weight is 383 g/mol. The zero-order valence-electron chi connectivity index (χ0n) is 16.9. The van der Waals surface area contributed by atoms with Crippen molar-refractivity contribution in [1.29, 1.82) is 0 Å². The summed E-state index contributed by atoms with van der Waals surface area (Å²) in [5.74, 6) is 1.63. The molecule has 1 saturated heterocycles. The molecule has 1 amide bonds. The molecule has 150 valence electrons. The van der Waals surface area contributed by atoms with Crippen LogP contribution < -0.4 is 14.4 Å². The van der Waals surface area contributed by atoms with E-state index in [1.165, 1.54) is 5.56 Å². The van der Waals surface area contributed by atoms with Gasteiger partial charge in [0, 0.05) is 45.5 Å². The Morgan fingerprint density at radius 1 is 0.929 bits per heavy atom. The quantitative estimate of drug-likeness (QED) is 0.735. The van der Waals surface area contributed by atoms with E-state index >= 15 is 0 Å². The Hall–Kier alpha value is -2.57. The van der Waals surface area contributed by atoms with Crippen molar-refractivity contribution in [3.8, 4) is 11.5 Å². The van der Waals surface area contributed by atoms with Gasteiger partial charge in [0.25, 0.3) is 0 Å². The molecule has 0 aliphatic carbocycles. The number of likely N-dealkylation sites (N-methyl/N-ethyl adjacent to an activating group) is 1. The standard InChI is InChI=1S/C22H29N3O3/c1-23(19-7-5-4-6-8-19)22(26)17-25-13-11-24(12-14-25)16-18-9-10-20(27-2)21(15-18)28-3/h4-10,15H,11-14,16-17H2,1-3H3. The highest BCUT2D eigenvalue weighted by atomic mass is 16.5. The zero-order valence-corrected chi connectivity index (χ0v) is 16.9. The molecule has 3 rings (SSSR count). The molecule has 0 radical (unpaired) electrons. The van der Waals surface area contributed by atoms with Gasteiger partial charge in [-0.25, -0.2) is 0 Å². The molecule has 2 aromatic rings. The van der Waals surface area contributed by atoms with Gasteiger partial charge < -0.3 is 14.4 Å². The molecule has 0 spiro atoms. The van der Waals surface area contributed by atoms with E-state index in [0.717, 1.165) is 49.9 Å². The summed E-state index contributed by atoms with van der Waals surface area (Å²) in [4.78, 5) is 18.9. The Kier molecular flexibility index (Phi) is 6.90. The van der Waals surface area contributed by atoms with E-state index < -0.39 is 0 Å². The number of nitrogens with zero attached hydrogens (tertiary/aromatic N) is 3. The van der Waals surface area contributed by atoms with Crippen molar-refractivity contribution in [3.05, 3.63) is 54.1 Å². The number of anilines is 1. The lowest BCUT2D eigenvalue weighted by Gasteiger charge is -2.35. The van der Waals surface area contributed by atoms with Gasteiger partial charge in [0.2, 0.25) is 5.91 Å². The number of para-hydroxylation sites is 1. The van der Waals surface area contributed by atoms with E-state index in [1.54, 1.807) is 19.1 Å². The molecule has 0 aromatic heterocycles. The van der Waals surface area contributed by atoms with Crippen LogP contribution in [0.1, 0.15) is 5.56 Å². The number of carbonyl (C=O) groups excluding carboxylic acids is 1. The predicted molar refractivity (Wildman–Crippen MR) is 111 cm³/mol. The molecule has 1 fully saturated rings. The summed E-state index contributed by atoms with van der Waals surface area (Å²) >= 11 is 0. The van der Waals surface area contributed by atoms with Crippen molar-refractivity contribution in [2.75, 3.05) is 58.9 Å². The number of amides is 1. The fourth-order valence-corrected chi connectivity index (χ4v) is 3.44. The van der Waals surface area contributed by atoms with Crippen LogP contribution in [0.15, 0.2) is 48.5 Å². The summed E-state index contributed by atoms with van der Waals surface area (Å²) in [6, 6.07) is 15.8. The minimum Gasteiger partial charge on any atom is -0.493 e. The highest BCUT2D eigenvalue weighted by Gasteiger charge is 2.21. The molecule has 0 N–H and O–H groups in total. The van der Waals surface area contributed by atoms with E-state index in [9.17, 15) is 4.79 Å². The Balaban J connectivity index is 1.49. The second-order valence-electron chi connectivity index (χ2n) is 7.03. The van der Waals surface area contributed by atoms with Crippen LogP contribution in [0.5, 0.6) is 11.5 Å². The highest BCUT2D eigenvalue weighted by molar-refractivity contribution is 5.94. The van der Waals surface area contributed by atoms with Gasteiger partial charge in [-0.05, 0) is 29.8 Å². The van der Waals surface area contributed by atoms with Gasteiger partial charge in [-0.15, -0.1) is 0 Å². The molecular formula is C22H29N3O3. The topological polar surface area (TPSA) is 45.2 Å². The molecule has 0 atom stereocenters. The molecule has 0 bridgehead atoms. The highest BCUT2D eigenvalue weighted by Crippen LogP contribution is 2.28. The largest absolute Gasteiger partial charge is 0.493 e. The Morgan fingerprint density at radius 3 is 2.21 bits per heavy atom. The summed E-state index contributed by atoms with van der Waals surface area (Å²) in [5.41, 5.74) is 2.13. The lowest BCUT2D eigenvalue weighted by atomic mass is 10.1. The van der Waals surface area contributed by atoms with Gasteiger partial charge in [-0.3, -0.25) is 14.6 Å². The Labute approximate surface area is 167 Å². The summed E-state index contributed by atoms with van der Waals surface area (Å²) in [6.45, 7) is 4.98. The summed E-state index contributed by atoms with van der Waals surface area (Å²) < 4.78 is 10.7. The van der Waals surface area contributed by atoms with Gasteiger partial charge >= 0.3 is 0 Å². The first-order valence-corrected chi connectivity index (χ1v) is 9.58. The number of hydrogen-bond donors (Lipinski definition) is 0. The first kappa shape index (κ1) is 20.2. The molecule has 0 saturated carbocycles. The monoisotopic (exact) mass is 383 g/mol. The van der Waals surface area contributed by atoms with Crippen LogP contribution in [-0.4, -0.2) is 69.7 Å².